The number of nitrogens with zero attached hydrogens (tertiary/aromatic N) is 3. The van der Waals surface area contributed by atoms with E-state index in [1.165, 1.54) is 43.4 Å². The predicted molar refractivity (Wildman–Crippen MR) is 156 cm³/mol. The van der Waals surface area contributed by atoms with Crippen LogP contribution in [0.1, 0.15) is 88.3 Å². The number of nitrogens with one attached hydrogen (secondary N) is 4. The molecule has 0 aromatic carbocycles. The number of aromatic nitrogens is 1. The van der Waals surface area contributed by atoms with Crippen molar-refractivity contribution < 1.29 is 14.7 Å². The molecule has 1 aromatic heterocycles. The fourth-order valence-corrected chi connectivity index (χ4v) is 6.58. The fraction of sp³-hybridized carbons (Fsp3) is 0.667. The molecule has 1 atom stereocenters. The molecule has 2 fully saturated rings. The Morgan fingerprint density at radius 1 is 1.12 bits per heavy atom. The first kappa shape index (κ1) is 28.2. The zero-order chi connectivity index (χ0) is 27.9. The maximum absolute atomic E-state index is 12.5. The molecule has 40 heavy (non-hydrogen) atoms. The van der Waals surface area contributed by atoms with Crippen LogP contribution in [0.15, 0.2) is 28.5 Å². The number of carbonyl (C=O) groups is 2. The first-order chi connectivity index (χ1) is 19.5. The number of amidine groups is 1. The molecule has 1 aliphatic carbocycles. The number of fused-ring (bicyclic) bond motifs is 1. The van der Waals surface area contributed by atoms with Crippen LogP contribution >= 0.6 is 0 Å². The highest BCUT2D eigenvalue weighted by atomic mass is 16.4. The maximum atomic E-state index is 12.5. The molecule has 4 heterocycles. The predicted octanol–water partition coefficient (Wildman–Crippen LogP) is 3.33. The summed E-state index contributed by atoms with van der Waals surface area (Å²) in [6.07, 6.45) is 11.2. The van der Waals surface area contributed by atoms with Crippen LogP contribution in [0.25, 0.3) is 0 Å². The van der Waals surface area contributed by atoms with Gasteiger partial charge in [-0.3, -0.25) is 4.79 Å². The van der Waals surface area contributed by atoms with Crippen molar-refractivity contribution in [3.8, 4) is 0 Å². The zero-order valence-electron chi connectivity index (χ0n) is 23.8. The van der Waals surface area contributed by atoms with Crippen molar-refractivity contribution in [3.63, 3.8) is 0 Å². The van der Waals surface area contributed by atoms with Gasteiger partial charge < -0.3 is 31.3 Å². The fourth-order valence-electron chi connectivity index (χ4n) is 6.58. The van der Waals surface area contributed by atoms with E-state index in [4.69, 9.17) is 4.98 Å². The first-order valence-electron chi connectivity index (χ1n) is 15.3. The number of hydrogen-bond donors (Lipinski definition) is 5. The number of carbonyl (C=O) groups excluding carboxylic acids is 1. The summed E-state index contributed by atoms with van der Waals surface area (Å²) < 4.78 is 0. The summed E-state index contributed by atoms with van der Waals surface area (Å²) in [5.74, 6) is 2.67. The number of carboxylic acid groups (broad SMARTS) is 1. The van der Waals surface area contributed by atoms with Gasteiger partial charge in [-0.25, -0.2) is 14.8 Å². The molecule has 0 radical (unpaired) electrons. The number of aliphatic carboxylic acids is 1. The summed E-state index contributed by atoms with van der Waals surface area (Å²) in [7, 11) is 0. The molecule has 1 aromatic rings. The standard InChI is InChI=1S/C30H45N7O3/c1-2-23-28(32-18-25(30(39)40)35-26(38)12-9-20-6-3-4-7-20)33-19-34-29(23)37-16-13-21(14-17-37)24-11-10-22-8-5-15-31-27(22)36-24/h10-11,20-21,25,34H,2-9,12-19H2,1H3,(H,31,36)(H,32,33)(H,35,38)(H,39,40)/t25-/m0/s1. The minimum absolute atomic E-state index is 0.0974. The Balaban J connectivity index is 1.16. The molecular formula is C30H45N7O3. The van der Waals surface area contributed by atoms with Crippen LogP contribution in [0, 0.1) is 5.92 Å². The van der Waals surface area contributed by atoms with E-state index in [0.717, 1.165) is 69.0 Å². The van der Waals surface area contributed by atoms with E-state index < -0.39 is 12.0 Å². The minimum atomic E-state index is -1.04. The van der Waals surface area contributed by atoms with E-state index in [1.54, 1.807) is 0 Å². The number of likely N-dealkylation sites (tertiary alicyclic amines) is 1. The monoisotopic (exact) mass is 551 g/mol. The van der Waals surface area contributed by atoms with Gasteiger partial charge in [0.05, 0.1) is 0 Å². The summed E-state index contributed by atoms with van der Waals surface area (Å²) in [6.45, 7) is 5.47. The van der Waals surface area contributed by atoms with Gasteiger partial charge in [0.1, 0.15) is 30.2 Å². The summed E-state index contributed by atoms with van der Waals surface area (Å²) in [5, 5.41) is 22.7. The van der Waals surface area contributed by atoms with Crippen LogP contribution < -0.4 is 21.3 Å². The van der Waals surface area contributed by atoms with Crippen molar-refractivity contribution in [2.45, 2.75) is 89.5 Å². The molecule has 0 bridgehead atoms. The normalized spacial score (nSPS) is 20.7. The summed E-state index contributed by atoms with van der Waals surface area (Å²) in [4.78, 5) is 36.4. The number of amides is 1. The quantitative estimate of drug-likeness (QED) is 0.299. The summed E-state index contributed by atoms with van der Waals surface area (Å²) in [6, 6.07) is 3.46. The van der Waals surface area contributed by atoms with Crippen LogP contribution in [0.2, 0.25) is 0 Å². The van der Waals surface area contributed by atoms with E-state index in [1.807, 2.05) is 0 Å². The maximum Gasteiger partial charge on any atom is 0.328 e. The van der Waals surface area contributed by atoms with Gasteiger partial charge in [0.15, 0.2) is 0 Å². The topological polar surface area (TPSA) is 131 Å². The number of anilines is 1. The summed E-state index contributed by atoms with van der Waals surface area (Å²) in [5.41, 5.74) is 3.56. The Morgan fingerprint density at radius 3 is 2.67 bits per heavy atom. The Labute approximate surface area is 237 Å². The first-order valence-corrected chi connectivity index (χ1v) is 15.3. The van der Waals surface area contributed by atoms with Crippen molar-refractivity contribution in [2.75, 3.05) is 38.2 Å². The number of rotatable bonds is 10. The molecule has 4 aliphatic rings. The largest absolute Gasteiger partial charge is 0.480 e. The smallest absolute Gasteiger partial charge is 0.328 e. The SMILES string of the molecule is CCC1=C(N2CCC(c3ccc4c(n3)NCCC4)CC2)NCN=C1NC[C@H](NC(=O)CCC1CCCC1)C(=O)O. The Morgan fingerprint density at radius 2 is 1.93 bits per heavy atom. The van der Waals surface area contributed by atoms with Crippen molar-refractivity contribution in [1.82, 2.24) is 25.8 Å². The third-order valence-electron chi connectivity index (χ3n) is 8.92. The average Bonchev–Trinajstić information content (AvgIpc) is 3.51. The lowest BCUT2D eigenvalue weighted by atomic mass is 9.92. The molecule has 10 nitrogen and oxygen atoms in total. The van der Waals surface area contributed by atoms with E-state index in [-0.39, 0.29) is 12.5 Å². The van der Waals surface area contributed by atoms with Crippen LogP contribution in [0.5, 0.6) is 0 Å². The molecule has 10 heteroatoms. The van der Waals surface area contributed by atoms with Gasteiger partial charge in [-0.05, 0) is 56.1 Å². The summed E-state index contributed by atoms with van der Waals surface area (Å²) >= 11 is 0. The number of aryl methyl sites for hydroxylation is 1. The molecular weight excluding hydrogens is 506 g/mol. The van der Waals surface area contributed by atoms with Gasteiger partial charge in [-0.1, -0.05) is 38.7 Å². The van der Waals surface area contributed by atoms with Crippen LogP contribution in [-0.4, -0.2) is 71.6 Å². The average molecular weight is 552 g/mol. The molecule has 1 amide bonds. The van der Waals surface area contributed by atoms with Crippen molar-refractivity contribution in [3.05, 3.63) is 34.8 Å². The number of pyridine rings is 1. The molecule has 5 N–H and O–H groups in total. The van der Waals surface area contributed by atoms with E-state index in [9.17, 15) is 14.7 Å². The van der Waals surface area contributed by atoms with Gasteiger partial charge in [-0.2, -0.15) is 0 Å². The van der Waals surface area contributed by atoms with Crippen molar-refractivity contribution >= 4 is 23.5 Å². The molecule has 0 spiro atoms. The number of carboxylic acids is 1. The molecule has 3 aliphatic heterocycles. The second-order valence-electron chi connectivity index (χ2n) is 11.6. The highest BCUT2D eigenvalue weighted by Gasteiger charge is 2.28. The molecule has 0 unspecified atom stereocenters. The number of piperidine rings is 1. The lowest BCUT2D eigenvalue weighted by molar-refractivity contribution is -0.141. The second kappa shape index (κ2) is 13.4. The zero-order valence-corrected chi connectivity index (χ0v) is 23.8. The Bertz CT molecular complexity index is 1120. The van der Waals surface area contributed by atoms with E-state index in [0.29, 0.717) is 30.8 Å². The van der Waals surface area contributed by atoms with Gasteiger partial charge >= 0.3 is 5.97 Å². The highest BCUT2D eigenvalue weighted by Crippen LogP contribution is 2.32. The molecule has 5 rings (SSSR count). The highest BCUT2D eigenvalue weighted by molar-refractivity contribution is 5.99. The van der Waals surface area contributed by atoms with Gasteiger partial charge in [0.25, 0.3) is 0 Å². The lowest BCUT2D eigenvalue weighted by Crippen LogP contribution is -2.50. The van der Waals surface area contributed by atoms with Gasteiger partial charge in [0, 0.05) is 49.8 Å². The third-order valence-corrected chi connectivity index (χ3v) is 8.92. The van der Waals surface area contributed by atoms with E-state index >= 15 is 0 Å². The molecule has 218 valence electrons. The number of aliphatic imine (C=N–C) groups is 1. The van der Waals surface area contributed by atoms with Crippen LogP contribution in [-0.2, 0) is 16.0 Å². The van der Waals surface area contributed by atoms with Crippen molar-refractivity contribution in [2.24, 2.45) is 10.9 Å². The Kier molecular flexibility index (Phi) is 9.44. The van der Waals surface area contributed by atoms with Crippen molar-refractivity contribution in [1.29, 1.82) is 0 Å². The van der Waals surface area contributed by atoms with Crippen LogP contribution in [0.3, 0.4) is 0 Å². The van der Waals surface area contributed by atoms with Gasteiger partial charge in [-0.15, -0.1) is 0 Å². The van der Waals surface area contributed by atoms with E-state index in [2.05, 4.69) is 50.2 Å². The molecule has 1 saturated carbocycles. The molecule has 1 saturated heterocycles. The third kappa shape index (κ3) is 6.88. The lowest BCUT2D eigenvalue weighted by Gasteiger charge is -2.38. The Hall–Kier alpha value is -3.30. The minimum Gasteiger partial charge on any atom is -0.480 e. The van der Waals surface area contributed by atoms with Crippen LogP contribution in [0.4, 0.5) is 5.82 Å². The second-order valence-corrected chi connectivity index (χ2v) is 11.6. The number of hydrogen-bond acceptors (Lipinski definition) is 8. The van der Waals surface area contributed by atoms with Gasteiger partial charge in [0.2, 0.25) is 5.91 Å².